The molecule has 1 aromatic carbocycles. The smallest absolute Gasteiger partial charge is 0.306 e. The van der Waals surface area contributed by atoms with E-state index in [2.05, 4.69) is 26.4 Å². The molecule has 0 aliphatic carbocycles. The van der Waals surface area contributed by atoms with Gasteiger partial charge in [-0.25, -0.2) is 9.98 Å². The lowest BCUT2D eigenvalue weighted by atomic mass is 9.97. The van der Waals surface area contributed by atoms with E-state index in [1.165, 1.54) is 0 Å². The number of benzene rings is 1. The predicted octanol–water partition coefficient (Wildman–Crippen LogP) is 0.270. The first kappa shape index (κ1) is 19.1. The number of anilines is 3. The highest BCUT2D eigenvalue weighted by Gasteiger charge is 2.27. The van der Waals surface area contributed by atoms with Crippen LogP contribution in [-0.4, -0.2) is 52.1 Å². The number of hydrogen-bond donors (Lipinski definition) is 3. The van der Waals surface area contributed by atoms with Crippen molar-refractivity contribution in [2.24, 2.45) is 10.9 Å². The van der Waals surface area contributed by atoms with Gasteiger partial charge in [-0.05, 0) is 50.6 Å². The molecule has 152 valence electrons. The normalized spacial score (nSPS) is 16.8. The number of aromatic amines is 1. The molecule has 0 radical (unpaired) electrons. The van der Waals surface area contributed by atoms with Gasteiger partial charge in [-0.15, -0.1) is 0 Å². The highest BCUT2D eigenvalue weighted by atomic mass is 16.4. The topological polar surface area (TPSA) is 128 Å². The second-order valence-corrected chi connectivity index (χ2v) is 7.60. The number of aryl methyl sites for hydroxylation is 1. The van der Waals surface area contributed by atoms with Crippen molar-refractivity contribution in [2.45, 2.75) is 19.8 Å². The van der Waals surface area contributed by atoms with Crippen molar-refractivity contribution in [3.63, 3.8) is 0 Å². The first-order valence-corrected chi connectivity index (χ1v) is 9.64. The second-order valence-electron chi connectivity index (χ2n) is 7.60. The summed E-state index contributed by atoms with van der Waals surface area (Å²) in [6.45, 7) is 8.41. The molecule has 0 amide bonds. The molecule has 2 aliphatic rings. The lowest BCUT2D eigenvalue weighted by molar-refractivity contribution is -0.143. The van der Waals surface area contributed by atoms with Gasteiger partial charge in [0.25, 0.3) is 5.56 Å². The van der Waals surface area contributed by atoms with Crippen LogP contribution in [0, 0.1) is 12.8 Å². The third kappa shape index (κ3) is 3.61. The van der Waals surface area contributed by atoms with E-state index in [-0.39, 0.29) is 22.3 Å². The van der Waals surface area contributed by atoms with Gasteiger partial charge in [-0.3, -0.25) is 9.59 Å². The minimum absolute atomic E-state index is 0.263. The molecule has 0 saturated carbocycles. The number of nitrogen functional groups attached to an aromatic ring is 1. The fraction of sp³-hybridized carbons (Fsp3) is 0.400. The molecule has 1 fully saturated rings. The Bertz CT molecular complexity index is 1130. The summed E-state index contributed by atoms with van der Waals surface area (Å²) in [6.07, 6.45) is 1.29. The van der Waals surface area contributed by atoms with Crippen LogP contribution in [0.5, 0.6) is 0 Å². The molecule has 0 unspecified atom stereocenters. The molecule has 3 heterocycles. The molecule has 0 spiro atoms. The number of carboxylic acids is 1. The summed E-state index contributed by atoms with van der Waals surface area (Å²) in [7, 11) is 0. The molecule has 9 heteroatoms. The number of aliphatic carboxylic acids is 1. The molecular weight excluding hydrogens is 372 g/mol. The van der Waals surface area contributed by atoms with Gasteiger partial charge in [-0.2, -0.15) is 0 Å². The van der Waals surface area contributed by atoms with Crippen LogP contribution in [0.4, 0.5) is 22.9 Å². The van der Waals surface area contributed by atoms with Crippen LogP contribution in [0.3, 0.4) is 0 Å². The number of hydrogen-bond acceptors (Lipinski definition) is 7. The summed E-state index contributed by atoms with van der Waals surface area (Å²) < 4.78 is 0. The van der Waals surface area contributed by atoms with Gasteiger partial charge in [0.2, 0.25) is 0 Å². The van der Waals surface area contributed by atoms with Gasteiger partial charge in [0, 0.05) is 18.8 Å². The molecule has 4 N–H and O–H groups in total. The Labute approximate surface area is 167 Å². The van der Waals surface area contributed by atoms with Crippen LogP contribution >= 0.6 is 0 Å². The van der Waals surface area contributed by atoms with Crippen LogP contribution < -0.4 is 27.0 Å². The number of piperidine rings is 1. The van der Waals surface area contributed by atoms with Gasteiger partial charge < -0.3 is 25.6 Å². The standard InChI is InChI=1S/C20H24N6O3/c1-11-9-15-16(10-14(11)21)26(18-17(24-15)19(27)23-12(2)22-18)8-7-25-5-3-13(4-6-25)20(28)29/h9-10,13H,2-8,21H2,1H3,(H,23,27)(H,28,29). The largest absolute Gasteiger partial charge is 0.481 e. The highest BCUT2D eigenvalue weighted by Crippen LogP contribution is 2.37. The Hall–Kier alpha value is -3.20. The maximum absolute atomic E-state index is 12.5. The summed E-state index contributed by atoms with van der Waals surface area (Å²) in [4.78, 5) is 39.4. The van der Waals surface area contributed by atoms with Gasteiger partial charge in [0.1, 0.15) is 5.48 Å². The third-order valence-electron chi connectivity index (χ3n) is 5.64. The van der Waals surface area contributed by atoms with E-state index < -0.39 is 5.97 Å². The lowest BCUT2D eigenvalue weighted by Gasteiger charge is -2.34. The Balaban J connectivity index is 1.66. The summed E-state index contributed by atoms with van der Waals surface area (Å²) in [6, 6.07) is 3.73. The van der Waals surface area contributed by atoms with Crippen LogP contribution in [0.25, 0.3) is 6.58 Å². The average Bonchev–Trinajstić information content (AvgIpc) is 2.67. The van der Waals surface area contributed by atoms with E-state index in [1.54, 1.807) is 0 Å². The van der Waals surface area contributed by atoms with Crippen LogP contribution in [0.2, 0.25) is 0 Å². The summed E-state index contributed by atoms with van der Waals surface area (Å²) in [5, 5.41) is 9.44. The van der Waals surface area contributed by atoms with Crippen molar-refractivity contribution in [2.75, 3.05) is 36.8 Å². The Morgan fingerprint density at radius 3 is 2.76 bits per heavy atom. The van der Waals surface area contributed by atoms with Crippen molar-refractivity contribution in [3.8, 4) is 0 Å². The van der Waals surface area contributed by atoms with E-state index in [9.17, 15) is 14.7 Å². The monoisotopic (exact) mass is 396 g/mol. The Morgan fingerprint density at radius 2 is 2.07 bits per heavy atom. The number of fused-ring (bicyclic) bond motifs is 2. The molecule has 9 nitrogen and oxygen atoms in total. The van der Waals surface area contributed by atoms with Gasteiger partial charge in [0.05, 0.1) is 17.3 Å². The maximum Gasteiger partial charge on any atom is 0.306 e. The van der Waals surface area contributed by atoms with Gasteiger partial charge >= 0.3 is 5.97 Å². The van der Waals surface area contributed by atoms with Crippen molar-refractivity contribution in [1.82, 2.24) is 14.9 Å². The number of nitrogens with zero attached hydrogens (tertiary/aromatic N) is 4. The molecule has 2 aliphatic heterocycles. The highest BCUT2D eigenvalue weighted by molar-refractivity contribution is 5.80. The molecule has 4 rings (SSSR count). The van der Waals surface area contributed by atoms with E-state index in [4.69, 9.17) is 5.73 Å². The molecule has 29 heavy (non-hydrogen) atoms. The number of carboxylic acid groups (broad SMARTS) is 1. The zero-order valence-electron chi connectivity index (χ0n) is 16.3. The lowest BCUT2D eigenvalue weighted by Crippen LogP contribution is -2.45. The quantitative estimate of drug-likeness (QED) is 0.633. The van der Waals surface area contributed by atoms with E-state index in [1.807, 2.05) is 24.0 Å². The first-order chi connectivity index (χ1) is 13.8. The molecule has 0 atom stereocenters. The fourth-order valence-corrected chi connectivity index (χ4v) is 3.90. The molecule has 1 aromatic heterocycles. The molecule has 2 aromatic rings. The van der Waals surface area contributed by atoms with Crippen molar-refractivity contribution < 1.29 is 9.90 Å². The number of aromatic nitrogens is 2. The zero-order valence-corrected chi connectivity index (χ0v) is 16.3. The Morgan fingerprint density at radius 1 is 1.34 bits per heavy atom. The first-order valence-electron chi connectivity index (χ1n) is 9.64. The zero-order chi connectivity index (χ0) is 20.7. The minimum Gasteiger partial charge on any atom is -0.481 e. The second kappa shape index (κ2) is 7.32. The number of carbonyl (C=O) groups is 1. The predicted molar refractivity (Wildman–Crippen MR) is 110 cm³/mol. The van der Waals surface area contributed by atoms with Crippen molar-refractivity contribution in [3.05, 3.63) is 38.9 Å². The SMILES string of the molecule is C=c1nc2c(c(=O)[nH]1)=Nc1cc(C)c(N)cc1N2CCN1CCC(C(=O)O)CC1. The molecular formula is C20H24N6O3. The average molecular weight is 396 g/mol. The number of nitrogens with one attached hydrogen (secondary N) is 1. The van der Waals surface area contributed by atoms with Crippen LogP contribution in [0.1, 0.15) is 18.4 Å². The number of nitrogens with two attached hydrogens (primary N) is 1. The Kier molecular flexibility index (Phi) is 4.83. The van der Waals surface area contributed by atoms with Crippen molar-refractivity contribution >= 4 is 35.4 Å². The van der Waals surface area contributed by atoms with E-state index in [0.29, 0.717) is 43.1 Å². The summed E-state index contributed by atoms with van der Waals surface area (Å²) in [5.41, 5.74) is 9.11. The maximum atomic E-state index is 12.5. The number of H-pyrrole nitrogens is 1. The number of likely N-dealkylation sites (tertiary alicyclic amines) is 1. The summed E-state index contributed by atoms with van der Waals surface area (Å²) >= 11 is 0. The van der Waals surface area contributed by atoms with Crippen LogP contribution in [-0.2, 0) is 4.79 Å². The van der Waals surface area contributed by atoms with E-state index in [0.717, 1.165) is 24.3 Å². The fourth-order valence-electron chi connectivity index (χ4n) is 3.90. The molecule has 1 saturated heterocycles. The van der Waals surface area contributed by atoms with Crippen molar-refractivity contribution in [1.29, 1.82) is 0 Å². The van der Waals surface area contributed by atoms with Gasteiger partial charge in [0.15, 0.2) is 11.2 Å². The van der Waals surface area contributed by atoms with Crippen LogP contribution in [0.15, 0.2) is 21.9 Å². The van der Waals surface area contributed by atoms with Gasteiger partial charge in [-0.1, -0.05) is 6.58 Å². The number of rotatable bonds is 4. The summed E-state index contributed by atoms with van der Waals surface area (Å²) in [5.74, 6) is -0.518. The minimum atomic E-state index is -0.720. The van der Waals surface area contributed by atoms with E-state index >= 15 is 0 Å². The third-order valence-corrected chi connectivity index (χ3v) is 5.64. The molecule has 0 bridgehead atoms.